The van der Waals surface area contributed by atoms with Crippen LogP contribution in [0.15, 0.2) is 174 Å². The third kappa shape index (κ3) is 3.36. The van der Waals surface area contributed by atoms with Gasteiger partial charge in [-0.15, -0.1) is 0 Å². The summed E-state index contributed by atoms with van der Waals surface area (Å²) in [6.45, 7) is 0. The third-order valence-electron chi connectivity index (χ3n) is 11.5. The summed E-state index contributed by atoms with van der Waals surface area (Å²) in [6.07, 6.45) is 1.87. The number of hydrogen-bond acceptors (Lipinski definition) is 2. The zero-order valence-electron chi connectivity index (χ0n) is 27.5. The molecule has 51 heavy (non-hydrogen) atoms. The molecule has 7 aromatic carbocycles. The Hall–Kier alpha value is -6.71. The van der Waals surface area contributed by atoms with E-state index in [9.17, 15) is 0 Å². The number of aromatic nitrogens is 2. The van der Waals surface area contributed by atoms with E-state index in [2.05, 4.69) is 162 Å². The van der Waals surface area contributed by atoms with Crippen molar-refractivity contribution < 1.29 is 4.42 Å². The fourth-order valence-electron chi connectivity index (χ4n) is 9.52. The van der Waals surface area contributed by atoms with Gasteiger partial charge in [0.25, 0.3) is 0 Å². The lowest BCUT2D eigenvalue weighted by molar-refractivity contribution is 0.668. The van der Waals surface area contributed by atoms with Crippen molar-refractivity contribution in [2.45, 2.75) is 5.41 Å². The lowest BCUT2D eigenvalue weighted by Gasteiger charge is -2.30. The number of fused-ring (bicyclic) bond motifs is 16. The van der Waals surface area contributed by atoms with E-state index in [0.29, 0.717) is 0 Å². The lowest BCUT2D eigenvalue weighted by atomic mass is 9.70. The number of nitrogens with zero attached hydrogens (tertiary/aromatic N) is 2. The summed E-state index contributed by atoms with van der Waals surface area (Å²) in [5.41, 5.74) is 17.5. The molecule has 0 N–H and O–H groups in total. The van der Waals surface area contributed by atoms with Crippen LogP contribution in [-0.4, -0.2) is 9.55 Å². The summed E-state index contributed by atoms with van der Waals surface area (Å²) in [5, 5.41) is 4.58. The van der Waals surface area contributed by atoms with Gasteiger partial charge in [0.2, 0.25) is 0 Å². The zero-order chi connectivity index (χ0) is 33.3. The molecule has 1 spiro atoms. The minimum Gasteiger partial charge on any atom is -0.456 e. The molecule has 0 fully saturated rings. The van der Waals surface area contributed by atoms with Crippen molar-refractivity contribution in [2.24, 2.45) is 0 Å². The molecule has 0 amide bonds. The summed E-state index contributed by atoms with van der Waals surface area (Å²) < 4.78 is 8.89. The van der Waals surface area contributed by atoms with Crippen molar-refractivity contribution in [3.05, 3.63) is 192 Å². The van der Waals surface area contributed by atoms with Crippen molar-refractivity contribution in [1.82, 2.24) is 9.55 Å². The highest BCUT2D eigenvalue weighted by atomic mass is 16.3. The van der Waals surface area contributed by atoms with Crippen molar-refractivity contribution in [1.29, 1.82) is 0 Å². The minimum atomic E-state index is -0.343. The van der Waals surface area contributed by atoms with E-state index in [-0.39, 0.29) is 5.41 Å². The van der Waals surface area contributed by atoms with E-state index in [1.807, 2.05) is 12.3 Å². The van der Waals surface area contributed by atoms with Gasteiger partial charge in [-0.05, 0) is 98.1 Å². The Morgan fingerprint density at radius 2 is 1.10 bits per heavy atom. The average Bonchev–Trinajstić information content (AvgIpc) is 3.91. The first kappa shape index (κ1) is 27.2. The Bertz CT molecular complexity index is 3010. The fraction of sp³-hybridized carbons (Fsp3) is 0.0208. The van der Waals surface area contributed by atoms with Gasteiger partial charge in [-0.2, -0.15) is 0 Å². The van der Waals surface area contributed by atoms with Gasteiger partial charge in [-0.3, -0.25) is 4.57 Å². The quantitative estimate of drug-likeness (QED) is 0.187. The van der Waals surface area contributed by atoms with E-state index in [1.54, 1.807) is 0 Å². The topological polar surface area (TPSA) is 31.0 Å². The molecule has 0 bridgehead atoms. The molecule has 12 rings (SSSR count). The van der Waals surface area contributed by atoms with E-state index < -0.39 is 0 Å². The standard InChI is InChI=1S/C48H28N2O/c1-5-17-39-32(11-1)33-12-2-6-18-40(33)48(39)41-19-7-3-13-34(41)38-27-29(22-25-42(38)48)31-15-9-21-44-46(31)37-24-23-30(28-45(37)51-44)50-43-20-8-4-14-35(43)36-16-10-26-49-47(36)50/h1-28H. The Morgan fingerprint density at radius 3 is 1.88 bits per heavy atom. The second kappa shape index (κ2) is 9.71. The van der Waals surface area contributed by atoms with Crippen LogP contribution in [0, 0.1) is 0 Å². The number of benzene rings is 7. The highest BCUT2D eigenvalue weighted by molar-refractivity contribution is 6.14. The average molecular weight is 649 g/mol. The molecule has 0 aliphatic heterocycles. The van der Waals surface area contributed by atoms with Crippen molar-refractivity contribution in [3.63, 3.8) is 0 Å². The van der Waals surface area contributed by atoms with Gasteiger partial charge in [0, 0.05) is 33.8 Å². The smallest absolute Gasteiger partial charge is 0.145 e. The number of para-hydroxylation sites is 1. The van der Waals surface area contributed by atoms with E-state index in [1.165, 1.54) is 61.0 Å². The van der Waals surface area contributed by atoms with E-state index >= 15 is 0 Å². The zero-order valence-corrected chi connectivity index (χ0v) is 27.5. The SMILES string of the molecule is c1ccc2c(c1)-c1ccccc1C21c2ccccc2-c2cc(-c3cccc4oc5cc(-n6c7ccccc7c7cccnc76)ccc5c34)ccc21. The summed E-state index contributed by atoms with van der Waals surface area (Å²) in [7, 11) is 0. The van der Waals surface area contributed by atoms with Crippen LogP contribution in [0.25, 0.3) is 82.9 Å². The largest absolute Gasteiger partial charge is 0.456 e. The molecular formula is C48H28N2O. The van der Waals surface area contributed by atoms with Crippen LogP contribution in [0.5, 0.6) is 0 Å². The van der Waals surface area contributed by atoms with Crippen molar-refractivity contribution in [3.8, 4) is 39.1 Å². The number of pyridine rings is 1. The van der Waals surface area contributed by atoms with Crippen LogP contribution < -0.4 is 0 Å². The monoisotopic (exact) mass is 648 g/mol. The van der Waals surface area contributed by atoms with Crippen LogP contribution in [-0.2, 0) is 5.41 Å². The van der Waals surface area contributed by atoms with Crippen LogP contribution in [0.2, 0.25) is 0 Å². The molecular weight excluding hydrogens is 621 g/mol. The fourth-order valence-corrected chi connectivity index (χ4v) is 9.52. The maximum absolute atomic E-state index is 6.65. The van der Waals surface area contributed by atoms with Crippen molar-refractivity contribution >= 4 is 43.9 Å². The Morgan fingerprint density at radius 1 is 0.451 bits per heavy atom. The van der Waals surface area contributed by atoms with E-state index in [4.69, 9.17) is 9.40 Å². The molecule has 0 atom stereocenters. The molecule has 0 unspecified atom stereocenters. The molecule has 3 aromatic heterocycles. The van der Waals surface area contributed by atoms with Gasteiger partial charge in [-0.25, -0.2) is 4.98 Å². The van der Waals surface area contributed by atoms with Crippen LogP contribution >= 0.6 is 0 Å². The highest BCUT2D eigenvalue weighted by Crippen LogP contribution is 2.63. The predicted molar refractivity (Wildman–Crippen MR) is 208 cm³/mol. The first-order valence-electron chi connectivity index (χ1n) is 17.5. The minimum absolute atomic E-state index is 0.343. The molecule has 3 nitrogen and oxygen atoms in total. The second-order valence-corrected chi connectivity index (χ2v) is 13.8. The molecule has 10 aromatic rings. The number of rotatable bonds is 2. The molecule has 236 valence electrons. The van der Waals surface area contributed by atoms with Crippen LogP contribution in [0.1, 0.15) is 22.3 Å². The molecule has 3 heterocycles. The van der Waals surface area contributed by atoms with Gasteiger partial charge < -0.3 is 4.42 Å². The number of hydrogen-bond donors (Lipinski definition) is 0. The van der Waals surface area contributed by atoms with Gasteiger partial charge >= 0.3 is 0 Å². The van der Waals surface area contributed by atoms with Gasteiger partial charge in [0.05, 0.1) is 16.6 Å². The Labute approximate surface area is 293 Å². The van der Waals surface area contributed by atoms with Crippen molar-refractivity contribution in [2.75, 3.05) is 0 Å². The first-order valence-corrected chi connectivity index (χ1v) is 17.5. The first-order chi connectivity index (χ1) is 25.3. The lowest BCUT2D eigenvalue weighted by Crippen LogP contribution is -2.25. The predicted octanol–water partition coefficient (Wildman–Crippen LogP) is 12.1. The van der Waals surface area contributed by atoms with Crippen LogP contribution in [0.3, 0.4) is 0 Å². The molecule has 0 saturated heterocycles. The van der Waals surface area contributed by atoms with Crippen LogP contribution in [0.4, 0.5) is 0 Å². The van der Waals surface area contributed by atoms with Gasteiger partial charge in [0.15, 0.2) is 0 Å². The van der Waals surface area contributed by atoms with Gasteiger partial charge in [-0.1, -0.05) is 115 Å². The van der Waals surface area contributed by atoms with E-state index in [0.717, 1.165) is 44.2 Å². The summed E-state index contributed by atoms with van der Waals surface area (Å²) in [4.78, 5) is 4.80. The maximum atomic E-state index is 6.65. The summed E-state index contributed by atoms with van der Waals surface area (Å²) in [5.74, 6) is 0. The third-order valence-corrected chi connectivity index (χ3v) is 11.5. The normalized spacial score (nSPS) is 13.6. The second-order valence-electron chi connectivity index (χ2n) is 13.8. The van der Waals surface area contributed by atoms with Gasteiger partial charge in [0.1, 0.15) is 16.8 Å². The summed E-state index contributed by atoms with van der Waals surface area (Å²) >= 11 is 0. The maximum Gasteiger partial charge on any atom is 0.145 e. The Kier molecular flexibility index (Phi) is 5.17. The Balaban J connectivity index is 1.07. The molecule has 2 aliphatic carbocycles. The summed E-state index contributed by atoms with van der Waals surface area (Å²) in [6, 6.07) is 59.8. The molecule has 2 aliphatic rings. The molecule has 0 saturated carbocycles. The molecule has 0 radical (unpaired) electrons. The molecule has 3 heteroatoms. The highest BCUT2D eigenvalue weighted by Gasteiger charge is 2.51. The number of furan rings is 1.